The minimum Gasteiger partial charge on any atom is -0.480 e. The summed E-state index contributed by atoms with van der Waals surface area (Å²) in [6.07, 6.45) is 0.782. The summed E-state index contributed by atoms with van der Waals surface area (Å²) in [6, 6.07) is 2.40. The van der Waals surface area contributed by atoms with E-state index in [1.807, 2.05) is 0 Å². The lowest BCUT2D eigenvalue weighted by Crippen LogP contribution is -2.36. The van der Waals surface area contributed by atoms with Gasteiger partial charge in [-0.3, -0.25) is 4.79 Å². The lowest BCUT2D eigenvalue weighted by Gasteiger charge is -2.15. The van der Waals surface area contributed by atoms with Crippen molar-refractivity contribution in [3.63, 3.8) is 0 Å². The minimum atomic E-state index is -1.07. The number of aryl methyl sites for hydroxylation is 1. The van der Waals surface area contributed by atoms with Crippen molar-refractivity contribution in [3.8, 4) is 0 Å². The fraction of sp³-hybridized carbons (Fsp3) is 0.417. The van der Waals surface area contributed by atoms with Crippen LogP contribution in [-0.4, -0.2) is 17.1 Å². The molecule has 0 aromatic heterocycles. The summed E-state index contributed by atoms with van der Waals surface area (Å²) in [5.74, 6) is -2.57. The largest absolute Gasteiger partial charge is 0.480 e. The van der Waals surface area contributed by atoms with Gasteiger partial charge >= 0.3 is 5.97 Å². The van der Waals surface area contributed by atoms with Gasteiger partial charge in [0, 0.05) is 6.07 Å². The van der Waals surface area contributed by atoms with Crippen LogP contribution >= 0.6 is 0 Å². The number of nitrogens with two attached hydrogens (primary N) is 1. The van der Waals surface area contributed by atoms with E-state index >= 15 is 0 Å². The Kier molecular flexibility index (Phi) is 4.57. The zero-order chi connectivity index (χ0) is 13.0. The van der Waals surface area contributed by atoms with Gasteiger partial charge in [-0.1, -0.05) is 13.0 Å². The van der Waals surface area contributed by atoms with E-state index in [0.29, 0.717) is 18.4 Å². The highest BCUT2D eigenvalue weighted by Gasteiger charge is 2.20. The standard InChI is InChI=1S/C12H15F2NO2/c1-7(11(15)12(16)17)2-3-8-4-5-9(13)6-10(8)14/h4-7,11H,2-3,15H2,1H3,(H,16,17). The van der Waals surface area contributed by atoms with Crippen LogP contribution in [0.25, 0.3) is 0 Å². The fourth-order valence-corrected chi connectivity index (χ4v) is 1.53. The molecule has 0 amide bonds. The van der Waals surface area contributed by atoms with Crippen molar-refractivity contribution in [2.24, 2.45) is 11.7 Å². The third-order valence-electron chi connectivity index (χ3n) is 2.78. The van der Waals surface area contributed by atoms with Gasteiger partial charge in [-0.15, -0.1) is 0 Å². The Labute approximate surface area is 98.2 Å². The minimum absolute atomic E-state index is 0.267. The average molecular weight is 243 g/mol. The molecule has 0 bridgehead atoms. The first-order valence-corrected chi connectivity index (χ1v) is 5.34. The van der Waals surface area contributed by atoms with Crippen molar-refractivity contribution >= 4 is 5.97 Å². The third-order valence-corrected chi connectivity index (χ3v) is 2.78. The van der Waals surface area contributed by atoms with Gasteiger partial charge in [-0.05, 0) is 30.4 Å². The van der Waals surface area contributed by atoms with Gasteiger partial charge in [0.15, 0.2) is 0 Å². The molecule has 94 valence electrons. The lowest BCUT2D eigenvalue weighted by atomic mass is 9.94. The molecule has 0 saturated carbocycles. The summed E-state index contributed by atoms with van der Waals surface area (Å²) in [7, 11) is 0. The maximum absolute atomic E-state index is 13.3. The van der Waals surface area contributed by atoms with Gasteiger partial charge in [-0.25, -0.2) is 8.78 Å². The van der Waals surface area contributed by atoms with Crippen LogP contribution in [0.1, 0.15) is 18.9 Å². The maximum Gasteiger partial charge on any atom is 0.320 e. The average Bonchev–Trinajstić information content (AvgIpc) is 2.26. The predicted molar refractivity (Wildman–Crippen MR) is 59.5 cm³/mol. The summed E-state index contributed by atoms with van der Waals surface area (Å²) in [5, 5.41) is 8.69. The first-order valence-electron chi connectivity index (χ1n) is 5.34. The molecule has 0 saturated heterocycles. The second-order valence-electron chi connectivity index (χ2n) is 4.12. The van der Waals surface area contributed by atoms with Gasteiger partial charge < -0.3 is 10.8 Å². The molecule has 0 aliphatic rings. The predicted octanol–water partition coefficient (Wildman–Crippen LogP) is 1.95. The molecule has 1 aromatic rings. The van der Waals surface area contributed by atoms with Crippen LogP contribution in [0.4, 0.5) is 8.78 Å². The number of carboxylic acid groups (broad SMARTS) is 1. The molecule has 5 heteroatoms. The van der Waals surface area contributed by atoms with E-state index in [0.717, 1.165) is 6.07 Å². The van der Waals surface area contributed by atoms with Crippen molar-refractivity contribution < 1.29 is 18.7 Å². The number of halogens is 2. The molecule has 0 fully saturated rings. The van der Waals surface area contributed by atoms with E-state index in [9.17, 15) is 13.6 Å². The molecule has 0 radical (unpaired) electrons. The van der Waals surface area contributed by atoms with Gasteiger partial charge in [0.1, 0.15) is 17.7 Å². The Hall–Kier alpha value is -1.49. The summed E-state index contributed by atoms with van der Waals surface area (Å²) < 4.78 is 25.9. The van der Waals surface area contributed by atoms with Gasteiger partial charge in [0.2, 0.25) is 0 Å². The molecule has 0 spiro atoms. The Morgan fingerprint density at radius 3 is 2.65 bits per heavy atom. The zero-order valence-electron chi connectivity index (χ0n) is 9.49. The number of benzene rings is 1. The first kappa shape index (κ1) is 13.6. The summed E-state index contributed by atoms with van der Waals surface area (Å²) in [4.78, 5) is 10.6. The number of carboxylic acids is 1. The molecular formula is C12H15F2NO2. The van der Waals surface area contributed by atoms with E-state index in [-0.39, 0.29) is 5.92 Å². The topological polar surface area (TPSA) is 63.3 Å². The Bertz CT molecular complexity index is 409. The molecule has 0 aliphatic carbocycles. The Morgan fingerprint density at radius 2 is 2.12 bits per heavy atom. The van der Waals surface area contributed by atoms with E-state index in [1.54, 1.807) is 6.92 Å². The summed E-state index contributed by atoms with van der Waals surface area (Å²) in [6.45, 7) is 1.69. The Morgan fingerprint density at radius 1 is 1.47 bits per heavy atom. The number of hydrogen-bond acceptors (Lipinski definition) is 2. The molecule has 3 N–H and O–H groups in total. The highest BCUT2D eigenvalue weighted by molar-refractivity contribution is 5.73. The number of aliphatic carboxylic acids is 1. The highest BCUT2D eigenvalue weighted by Crippen LogP contribution is 2.16. The van der Waals surface area contributed by atoms with Crippen LogP contribution in [0, 0.1) is 17.6 Å². The van der Waals surface area contributed by atoms with E-state index in [4.69, 9.17) is 10.8 Å². The van der Waals surface area contributed by atoms with E-state index in [1.165, 1.54) is 12.1 Å². The highest BCUT2D eigenvalue weighted by atomic mass is 19.1. The van der Waals surface area contributed by atoms with Crippen LogP contribution < -0.4 is 5.73 Å². The zero-order valence-corrected chi connectivity index (χ0v) is 9.49. The van der Waals surface area contributed by atoms with Gasteiger partial charge in [0.05, 0.1) is 0 Å². The molecule has 0 aliphatic heterocycles. The molecule has 0 heterocycles. The summed E-state index contributed by atoms with van der Waals surface area (Å²) >= 11 is 0. The van der Waals surface area contributed by atoms with Crippen molar-refractivity contribution in [2.75, 3.05) is 0 Å². The second-order valence-corrected chi connectivity index (χ2v) is 4.12. The fourth-order valence-electron chi connectivity index (χ4n) is 1.53. The quantitative estimate of drug-likeness (QED) is 0.830. The van der Waals surface area contributed by atoms with Gasteiger partial charge in [-0.2, -0.15) is 0 Å². The molecule has 1 aromatic carbocycles. The van der Waals surface area contributed by atoms with Crippen molar-refractivity contribution in [1.29, 1.82) is 0 Å². The molecule has 2 atom stereocenters. The molecule has 1 rings (SSSR count). The Balaban J connectivity index is 2.58. The lowest BCUT2D eigenvalue weighted by molar-refractivity contribution is -0.139. The van der Waals surface area contributed by atoms with Crippen LogP contribution in [-0.2, 0) is 11.2 Å². The van der Waals surface area contributed by atoms with Gasteiger partial charge in [0.25, 0.3) is 0 Å². The van der Waals surface area contributed by atoms with Crippen molar-refractivity contribution in [3.05, 3.63) is 35.4 Å². The molecular weight excluding hydrogens is 228 g/mol. The number of carbonyl (C=O) groups is 1. The van der Waals surface area contributed by atoms with Crippen LogP contribution in [0.3, 0.4) is 0 Å². The normalized spacial score (nSPS) is 14.4. The first-order chi connectivity index (χ1) is 7.91. The molecule has 3 nitrogen and oxygen atoms in total. The second kappa shape index (κ2) is 5.72. The third kappa shape index (κ3) is 3.78. The SMILES string of the molecule is CC(CCc1ccc(F)cc1F)C(N)C(=O)O. The van der Waals surface area contributed by atoms with Crippen LogP contribution in [0.2, 0.25) is 0 Å². The van der Waals surface area contributed by atoms with Crippen molar-refractivity contribution in [1.82, 2.24) is 0 Å². The maximum atomic E-state index is 13.3. The monoisotopic (exact) mass is 243 g/mol. The molecule has 17 heavy (non-hydrogen) atoms. The number of rotatable bonds is 5. The van der Waals surface area contributed by atoms with E-state index < -0.39 is 23.6 Å². The van der Waals surface area contributed by atoms with Crippen LogP contribution in [0.5, 0.6) is 0 Å². The molecule has 2 unspecified atom stereocenters. The number of hydrogen-bond donors (Lipinski definition) is 2. The summed E-state index contributed by atoms with van der Waals surface area (Å²) in [5.41, 5.74) is 5.80. The van der Waals surface area contributed by atoms with E-state index in [2.05, 4.69) is 0 Å². The van der Waals surface area contributed by atoms with Crippen molar-refractivity contribution in [2.45, 2.75) is 25.8 Å². The smallest absolute Gasteiger partial charge is 0.320 e. The van der Waals surface area contributed by atoms with Crippen LogP contribution in [0.15, 0.2) is 18.2 Å².